The standard InChI is InChI=1S/C11H15N2O/c14-9-10-3-7-13(8-4-10)11-1-5-12-6-2-11/h1-2,5-6,10H,3-4,7-9H2. The van der Waals surface area contributed by atoms with Crippen molar-refractivity contribution in [3.8, 4) is 0 Å². The Hall–Kier alpha value is -1.09. The highest BCUT2D eigenvalue weighted by Gasteiger charge is 2.18. The highest BCUT2D eigenvalue weighted by Crippen LogP contribution is 2.21. The van der Waals surface area contributed by atoms with Crippen LogP contribution in [0.2, 0.25) is 0 Å². The Morgan fingerprint density at radius 3 is 2.50 bits per heavy atom. The summed E-state index contributed by atoms with van der Waals surface area (Å²) in [6.07, 6.45) is 5.70. The van der Waals surface area contributed by atoms with Gasteiger partial charge in [0.1, 0.15) is 0 Å². The molecule has 1 saturated heterocycles. The molecule has 0 N–H and O–H groups in total. The summed E-state index contributed by atoms with van der Waals surface area (Å²) < 4.78 is 0. The first-order valence-corrected chi connectivity index (χ1v) is 5.13. The number of piperidine rings is 1. The van der Waals surface area contributed by atoms with Gasteiger partial charge >= 0.3 is 0 Å². The van der Waals surface area contributed by atoms with Crippen molar-refractivity contribution in [3.05, 3.63) is 24.5 Å². The molecule has 14 heavy (non-hydrogen) atoms. The molecule has 0 amide bonds. The normalized spacial score (nSPS) is 18.5. The molecule has 1 aliphatic rings. The van der Waals surface area contributed by atoms with Gasteiger partial charge in [0.15, 0.2) is 0 Å². The molecule has 3 nitrogen and oxygen atoms in total. The maximum Gasteiger partial charge on any atom is 0.0851 e. The molecule has 1 aliphatic heterocycles. The fraction of sp³-hybridized carbons (Fsp3) is 0.545. The molecule has 0 atom stereocenters. The van der Waals surface area contributed by atoms with Crippen LogP contribution in [-0.2, 0) is 5.11 Å². The van der Waals surface area contributed by atoms with E-state index in [9.17, 15) is 5.11 Å². The van der Waals surface area contributed by atoms with E-state index >= 15 is 0 Å². The summed E-state index contributed by atoms with van der Waals surface area (Å²) in [6, 6.07) is 4.05. The van der Waals surface area contributed by atoms with Gasteiger partial charge in [0.2, 0.25) is 0 Å². The summed E-state index contributed by atoms with van der Waals surface area (Å²) >= 11 is 0. The maximum atomic E-state index is 10.7. The number of aromatic nitrogens is 1. The fourth-order valence-corrected chi connectivity index (χ4v) is 1.91. The third-order valence-corrected chi connectivity index (χ3v) is 2.88. The lowest BCUT2D eigenvalue weighted by atomic mass is 9.97. The molecule has 2 rings (SSSR count). The Morgan fingerprint density at radius 2 is 1.93 bits per heavy atom. The van der Waals surface area contributed by atoms with Crippen molar-refractivity contribution in [1.29, 1.82) is 0 Å². The predicted molar refractivity (Wildman–Crippen MR) is 54.7 cm³/mol. The Bertz CT molecular complexity index is 268. The summed E-state index contributed by atoms with van der Waals surface area (Å²) in [5.41, 5.74) is 1.23. The first-order chi connectivity index (χ1) is 6.90. The monoisotopic (exact) mass is 191 g/mol. The third-order valence-electron chi connectivity index (χ3n) is 2.88. The molecule has 0 bridgehead atoms. The van der Waals surface area contributed by atoms with Crippen molar-refractivity contribution in [2.75, 3.05) is 24.6 Å². The van der Waals surface area contributed by atoms with Crippen molar-refractivity contribution < 1.29 is 5.11 Å². The Morgan fingerprint density at radius 1 is 1.29 bits per heavy atom. The maximum absolute atomic E-state index is 10.7. The molecule has 0 aromatic carbocycles. The minimum atomic E-state index is 0.0875. The second-order valence-electron chi connectivity index (χ2n) is 3.80. The molecule has 0 spiro atoms. The first kappa shape index (κ1) is 9.46. The molecule has 1 aromatic heterocycles. The lowest BCUT2D eigenvalue weighted by molar-refractivity contribution is 0.129. The Labute approximate surface area is 84.4 Å². The van der Waals surface area contributed by atoms with Gasteiger partial charge in [-0.25, -0.2) is 5.11 Å². The van der Waals surface area contributed by atoms with Crippen molar-refractivity contribution in [3.63, 3.8) is 0 Å². The average Bonchev–Trinajstić information content (AvgIpc) is 2.30. The first-order valence-electron chi connectivity index (χ1n) is 5.13. The van der Waals surface area contributed by atoms with Gasteiger partial charge in [-0.15, -0.1) is 0 Å². The zero-order valence-corrected chi connectivity index (χ0v) is 8.22. The van der Waals surface area contributed by atoms with E-state index in [4.69, 9.17) is 0 Å². The van der Waals surface area contributed by atoms with Crippen LogP contribution >= 0.6 is 0 Å². The van der Waals surface area contributed by atoms with Gasteiger partial charge in [-0.05, 0) is 30.9 Å². The largest absolute Gasteiger partial charge is 0.371 e. The van der Waals surface area contributed by atoms with E-state index in [2.05, 4.69) is 9.88 Å². The fourth-order valence-electron chi connectivity index (χ4n) is 1.91. The minimum absolute atomic E-state index is 0.0875. The summed E-state index contributed by atoms with van der Waals surface area (Å²) in [4.78, 5) is 6.32. The Kier molecular flexibility index (Phi) is 2.99. The summed E-state index contributed by atoms with van der Waals surface area (Å²) in [7, 11) is 0. The van der Waals surface area contributed by atoms with Crippen LogP contribution < -0.4 is 4.90 Å². The van der Waals surface area contributed by atoms with Crippen LogP contribution in [0, 0.1) is 5.92 Å². The number of nitrogens with zero attached hydrogens (tertiary/aromatic N) is 2. The smallest absolute Gasteiger partial charge is 0.0851 e. The van der Waals surface area contributed by atoms with E-state index in [1.807, 2.05) is 24.5 Å². The number of hydrogen-bond acceptors (Lipinski definition) is 2. The SMILES string of the molecule is [O]CC1CCN(c2ccncc2)CC1. The number of pyridine rings is 1. The van der Waals surface area contributed by atoms with Crippen molar-refractivity contribution in [1.82, 2.24) is 4.98 Å². The van der Waals surface area contributed by atoms with Crippen LogP contribution in [0.25, 0.3) is 0 Å². The molecule has 3 heteroatoms. The van der Waals surface area contributed by atoms with Crippen LogP contribution in [0.5, 0.6) is 0 Å². The quantitative estimate of drug-likeness (QED) is 0.713. The lowest BCUT2D eigenvalue weighted by Gasteiger charge is -2.32. The Balaban J connectivity index is 1.96. The number of hydrogen-bond donors (Lipinski definition) is 0. The van der Waals surface area contributed by atoms with Crippen molar-refractivity contribution >= 4 is 5.69 Å². The van der Waals surface area contributed by atoms with Crippen LogP contribution in [-0.4, -0.2) is 24.7 Å². The molecule has 0 unspecified atom stereocenters. The predicted octanol–water partition coefficient (Wildman–Crippen LogP) is 1.73. The van der Waals surface area contributed by atoms with Gasteiger partial charge < -0.3 is 4.90 Å². The zero-order chi connectivity index (χ0) is 9.80. The molecular formula is C11H15N2O. The van der Waals surface area contributed by atoms with Crippen molar-refractivity contribution in [2.24, 2.45) is 5.92 Å². The average molecular weight is 191 g/mol. The van der Waals surface area contributed by atoms with Gasteiger partial charge in [-0.3, -0.25) is 4.98 Å². The molecule has 0 saturated carbocycles. The molecule has 1 fully saturated rings. The molecule has 0 aliphatic carbocycles. The summed E-state index contributed by atoms with van der Waals surface area (Å²) in [5.74, 6) is 0.396. The second kappa shape index (κ2) is 4.42. The number of rotatable bonds is 2. The minimum Gasteiger partial charge on any atom is -0.371 e. The van der Waals surface area contributed by atoms with Gasteiger partial charge in [-0.1, -0.05) is 0 Å². The zero-order valence-electron chi connectivity index (χ0n) is 8.22. The van der Waals surface area contributed by atoms with Crippen LogP contribution in [0.1, 0.15) is 12.8 Å². The van der Waals surface area contributed by atoms with Crippen LogP contribution in [0.3, 0.4) is 0 Å². The highest BCUT2D eigenvalue weighted by molar-refractivity contribution is 5.44. The molecular weight excluding hydrogens is 176 g/mol. The van der Waals surface area contributed by atoms with Gasteiger partial charge in [0.05, 0.1) is 6.61 Å². The highest BCUT2D eigenvalue weighted by atomic mass is 16.3. The van der Waals surface area contributed by atoms with Gasteiger partial charge in [0, 0.05) is 31.2 Å². The van der Waals surface area contributed by atoms with E-state index in [1.54, 1.807) is 0 Å². The number of anilines is 1. The van der Waals surface area contributed by atoms with E-state index < -0.39 is 0 Å². The van der Waals surface area contributed by atoms with Crippen molar-refractivity contribution in [2.45, 2.75) is 12.8 Å². The summed E-state index contributed by atoms with van der Waals surface area (Å²) in [6.45, 7) is 2.11. The third kappa shape index (κ3) is 2.04. The lowest BCUT2D eigenvalue weighted by Crippen LogP contribution is -2.34. The van der Waals surface area contributed by atoms with E-state index in [-0.39, 0.29) is 6.61 Å². The topological polar surface area (TPSA) is 36.0 Å². The molecule has 2 heterocycles. The summed E-state index contributed by atoms with van der Waals surface area (Å²) in [5, 5.41) is 10.7. The van der Waals surface area contributed by atoms with Crippen LogP contribution in [0.4, 0.5) is 5.69 Å². The van der Waals surface area contributed by atoms with E-state index in [1.165, 1.54) is 5.69 Å². The molecule has 1 aromatic rings. The van der Waals surface area contributed by atoms with Gasteiger partial charge in [0.25, 0.3) is 0 Å². The molecule has 1 radical (unpaired) electrons. The second-order valence-corrected chi connectivity index (χ2v) is 3.80. The van der Waals surface area contributed by atoms with Gasteiger partial charge in [-0.2, -0.15) is 0 Å². The van der Waals surface area contributed by atoms with E-state index in [0.717, 1.165) is 25.9 Å². The van der Waals surface area contributed by atoms with E-state index in [0.29, 0.717) is 5.92 Å². The molecule has 75 valence electrons. The van der Waals surface area contributed by atoms with Crippen LogP contribution in [0.15, 0.2) is 24.5 Å².